The molecule has 0 aliphatic carbocycles. The molecule has 0 aliphatic heterocycles. The Labute approximate surface area is 100 Å². The summed E-state index contributed by atoms with van der Waals surface area (Å²) in [5, 5.41) is 12.6. The number of nitrogens with one attached hydrogen (secondary N) is 1. The molecule has 15 heavy (non-hydrogen) atoms. The molecular weight excluding hydrogens is 230 g/mol. The van der Waals surface area contributed by atoms with Crippen LogP contribution in [-0.2, 0) is 0 Å². The minimum atomic E-state index is 0.190. The first kappa shape index (κ1) is 12.8. The van der Waals surface area contributed by atoms with Crippen LogP contribution in [0, 0.1) is 0 Å². The molecule has 0 amide bonds. The number of halogens is 1. The first-order chi connectivity index (χ1) is 7.22. The Hall–Kier alpha value is -0.220. The zero-order valence-corrected chi connectivity index (χ0v) is 10.3. The lowest BCUT2D eigenvalue weighted by molar-refractivity contribution is 0.288. The first-order valence-electron chi connectivity index (χ1n) is 4.95. The van der Waals surface area contributed by atoms with E-state index in [0.29, 0.717) is 12.6 Å². The SMILES string of the molecule is CC(CSc1ccc(Cl)cc1)NCCO. The molecule has 0 saturated heterocycles. The molecule has 0 aromatic heterocycles. The molecule has 0 fully saturated rings. The largest absolute Gasteiger partial charge is 0.395 e. The van der Waals surface area contributed by atoms with Gasteiger partial charge in [0.25, 0.3) is 0 Å². The van der Waals surface area contributed by atoms with Gasteiger partial charge in [0.05, 0.1) is 6.61 Å². The van der Waals surface area contributed by atoms with Crippen molar-refractivity contribution < 1.29 is 5.11 Å². The van der Waals surface area contributed by atoms with E-state index in [1.54, 1.807) is 11.8 Å². The van der Waals surface area contributed by atoms with Gasteiger partial charge in [0.1, 0.15) is 0 Å². The van der Waals surface area contributed by atoms with Gasteiger partial charge >= 0.3 is 0 Å². The summed E-state index contributed by atoms with van der Waals surface area (Å²) in [6.45, 7) is 2.96. The summed E-state index contributed by atoms with van der Waals surface area (Å²) >= 11 is 7.58. The molecular formula is C11H16ClNOS. The van der Waals surface area contributed by atoms with Crippen LogP contribution in [0.5, 0.6) is 0 Å². The highest BCUT2D eigenvalue weighted by molar-refractivity contribution is 7.99. The van der Waals surface area contributed by atoms with E-state index in [9.17, 15) is 0 Å². The van der Waals surface area contributed by atoms with E-state index in [-0.39, 0.29) is 6.61 Å². The molecule has 84 valence electrons. The average molecular weight is 246 g/mol. The monoisotopic (exact) mass is 245 g/mol. The van der Waals surface area contributed by atoms with Gasteiger partial charge in [-0.05, 0) is 31.2 Å². The van der Waals surface area contributed by atoms with E-state index in [2.05, 4.69) is 12.2 Å². The summed E-state index contributed by atoms with van der Waals surface area (Å²) in [7, 11) is 0. The molecule has 0 aliphatic rings. The van der Waals surface area contributed by atoms with Gasteiger partial charge < -0.3 is 10.4 Å². The van der Waals surface area contributed by atoms with Gasteiger partial charge in [0.15, 0.2) is 0 Å². The van der Waals surface area contributed by atoms with Gasteiger partial charge in [0, 0.05) is 28.3 Å². The van der Waals surface area contributed by atoms with Crippen molar-refractivity contribution in [2.75, 3.05) is 18.9 Å². The summed E-state index contributed by atoms with van der Waals surface area (Å²) in [6, 6.07) is 8.24. The molecule has 1 aromatic carbocycles. The molecule has 0 radical (unpaired) electrons. The van der Waals surface area contributed by atoms with Crippen LogP contribution < -0.4 is 5.32 Å². The Balaban J connectivity index is 2.27. The molecule has 0 spiro atoms. The highest BCUT2D eigenvalue weighted by Crippen LogP contribution is 2.20. The quantitative estimate of drug-likeness (QED) is 0.755. The van der Waals surface area contributed by atoms with Gasteiger partial charge in [-0.3, -0.25) is 0 Å². The molecule has 2 N–H and O–H groups in total. The standard InChI is InChI=1S/C11H16ClNOS/c1-9(13-6-7-14)8-15-11-4-2-10(12)3-5-11/h2-5,9,13-14H,6-8H2,1H3. The number of rotatable bonds is 6. The van der Waals surface area contributed by atoms with E-state index in [1.165, 1.54) is 4.90 Å². The van der Waals surface area contributed by atoms with Crippen LogP contribution in [0.25, 0.3) is 0 Å². The molecule has 1 unspecified atom stereocenters. The van der Waals surface area contributed by atoms with Crippen molar-refractivity contribution in [2.24, 2.45) is 0 Å². The van der Waals surface area contributed by atoms with Gasteiger partial charge in [-0.25, -0.2) is 0 Å². The van der Waals surface area contributed by atoms with Crippen molar-refractivity contribution in [2.45, 2.75) is 17.9 Å². The lowest BCUT2D eigenvalue weighted by Gasteiger charge is -2.12. The third kappa shape index (κ3) is 5.42. The third-order valence-electron chi connectivity index (χ3n) is 1.92. The number of hydrogen-bond donors (Lipinski definition) is 2. The fourth-order valence-electron chi connectivity index (χ4n) is 1.12. The number of hydrogen-bond acceptors (Lipinski definition) is 3. The number of thioether (sulfide) groups is 1. The first-order valence-corrected chi connectivity index (χ1v) is 6.31. The average Bonchev–Trinajstić information content (AvgIpc) is 2.25. The highest BCUT2D eigenvalue weighted by atomic mass is 35.5. The second kappa shape index (κ2) is 7.12. The van der Waals surface area contributed by atoms with E-state index in [1.807, 2.05) is 24.3 Å². The van der Waals surface area contributed by atoms with Gasteiger partial charge in [-0.1, -0.05) is 11.6 Å². The van der Waals surface area contributed by atoms with Crippen molar-refractivity contribution >= 4 is 23.4 Å². The molecule has 0 bridgehead atoms. The second-order valence-corrected chi connectivity index (χ2v) is 4.87. The smallest absolute Gasteiger partial charge is 0.0556 e. The summed E-state index contributed by atoms with van der Waals surface area (Å²) in [5.74, 6) is 0.988. The van der Waals surface area contributed by atoms with E-state index >= 15 is 0 Å². The van der Waals surface area contributed by atoms with Crippen LogP contribution in [-0.4, -0.2) is 30.1 Å². The number of aliphatic hydroxyl groups excluding tert-OH is 1. The summed E-state index contributed by atoms with van der Waals surface area (Å²) in [6.07, 6.45) is 0. The molecule has 0 saturated carbocycles. The summed E-state index contributed by atoms with van der Waals surface area (Å²) in [5.41, 5.74) is 0. The zero-order chi connectivity index (χ0) is 11.1. The highest BCUT2D eigenvalue weighted by Gasteiger charge is 2.01. The Kier molecular flexibility index (Phi) is 6.10. The van der Waals surface area contributed by atoms with Gasteiger partial charge in [0.2, 0.25) is 0 Å². The topological polar surface area (TPSA) is 32.3 Å². The van der Waals surface area contributed by atoms with E-state index in [4.69, 9.17) is 16.7 Å². The van der Waals surface area contributed by atoms with E-state index < -0.39 is 0 Å². The van der Waals surface area contributed by atoms with Gasteiger partial charge in [-0.15, -0.1) is 11.8 Å². The van der Waals surface area contributed by atoms with Crippen LogP contribution in [0.4, 0.5) is 0 Å². The van der Waals surface area contributed by atoms with Crippen molar-refractivity contribution in [3.05, 3.63) is 29.3 Å². The van der Waals surface area contributed by atoms with Crippen molar-refractivity contribution in [1.29, 1.82) is 0 Å². The molecule has 1 atom stereocenters. The van der Waals surface area contributed by atoms with Crippen LogP contribution >= 0.6 is 23.4 Å². The fourth-order valence-corrected chi connectivity index (χ4v) is 2.14. The molecule has 0 heterocycles. The lowest BCUT2D eigenvalue weighted by atomic mass is 10.4. The summed E-state index contributed by atoms with van der Waals surface area (Å²) in [4.78, 5) is 1.22. The Bertz CT molecular complexity index is 278. The van der Waals surface area contributed by atoms with Crippen molar-refractivity contribution in [3.63, 3.8) is 0 Å². The number of benzene rings is 1. The van der Waals surface area contributed by atoms with Crippen LogP contribution in [0.3, 0.4) is 0 Å². The van der Waals surface area contributed by atoms with Gasteiger partial charge in [-0.2, -0.15) is 0 Å². The predicted octanol–water partition coefficient (Wildman–Crippen LogP) is 2.40. The second-order valence-electron chi connectivity index (χ2n) is 3.34. The molecule has 1 aromatic rings. The summed E-state index contributed by atoms with van der Waals surface area (Å²) < 4.78 is 0. The lowest BCUT2D eigenvalue weighted by Crippen LogP contribution is -2.30. The van der Waals surface area contributed by atoms with Crippen molar-refractivity contribution in [1.82, 2.24) is 5.32 Å². The van der Waals surface area contributed by atoms with Crippen LogP contribution in [0.2, 0.25) is 5.02 Å². The normalized spacial score (nSPS) is 12.7. The van der Waals surface area contributed by atoms with E-state index in [0.717, 1.165) is 10.8 Å². The minimum absolute atomic E-state index is 0.190. The van der Waals surface area contributed by atoms with Crippen LogP contribution in [0.15, 0.2) is 29.2 Å². The maximum atomic E-state index is 8.65. The van der Waals surface area contributed by atoms with Crippen LogP contribution in [0.1, 0.15) is 6.92 Å². The van der Waals surface area contributed by atoms with Crippen molar-refractivity contribution in [3.8, 4) is 0 Å². The maximum absolute atomic E-state index is 8.65. The molecule has 1 rings (SSSR count). The maximum Gasteiger partial charge on any atom is 0.0556 e. The number of aliphatic hydroxyl groups is 1. The zero-order valence-electron chi connectivity index (χ0n) is 8.74. The fraction of sp³-hybridized carbons (Fsp3) is 0.455. The molecule has 4 heteroatoms. The minimum Gasteiger partial charge on any atom is -0.395 e. The third-order valence-corrected chi connectivity index (χ3v) is 3.44. The Morgan fingerprint density at radius 3 is 2.67 bits per heavy atom. The molecule has 2 nitrogen and oxygen atoms in total. The Morgan fingerprint density at radius 1 is 1.40 bits per heavy atom. The predicted molar refractivity (Wildman–Crippen MR) is 66.7 cm³/mol. The Morgan fingerprint density at radius 2 is 2.07 bits per heavy atom.